The zero-order chi connectivity index (χ0) is 11.7. The van der Waals surface area contributed by atoms with Crippen LogP contribution < -0.4 is 0 Å². The summed E-state index contributed by atoms with van der Waals surface area (Å²) in [4.78, 5) is 0. The Balaban J connectivity index is -0.000000845. The quantitative estimate of drug-likeness (QED) is 0.299. The summed E-state index contributed by atoms with van der Waals surface area (Å²) in [5, 5.41) is 10.5. The first-order valence-corrected chi connectivity index (χ1v) is 6.99. The van der Waals surface area contributed by atoms with Crippen LogP contribution in [0, 0.1) is 12.8 Å². The van der Waals surface area contributed by atoms with E-state index in [1.54, 1.807) is 0 Å². The molecule has 0 saturated heterocycles. The van der Waals surface area contributed by atoms with Gasteiger partial charge in [0, 0.05) is 7.92 Å². The van der Waals surface area contributed by atoms with Crippen molar-refractivity contribution in [3.8, 4) is 0 Å². The van der Waals surface area contributed by atoms with Crippen LogP contribution in [0.3, 0.4) is 0 Å². The molecule has 3 heteroatoms. The zero-order valence-corrected chi connectivity index (χ0v) is 14.3. The third kappa shape index (κ3) is 6.36. The average molecular weight is 289 g/mol. The predicted molar refractivity (Wildman–Crippen MR) is 77.4 cm³/mol. The molecule has 1 atom stereocenters. The van der Waals surface area contributed by atoms with Crippen LogP contribution in [-0.4, -0.2) is 16.3 Å². The van der Waals surface area contributed by atoms with E-state index in [1.165, 1.54) is 0 Å². The van der Waals surface area contributed by atoms with Crippen molar-refractivity contribution >= 4 is 13.4 Å². The second kappa shape index (κ2) is 7.12. The van der Waals surface area contributed by atoms with E-state index in [-0.39, 0.29) is 34.5 Å². The molecule has 0 fully saturated rings. The van der Waals surface area contributed by atoms with E-state index in [4.69, 9.17) is 0 Å². The van der Waals surface area contributed by atoms with Crippen molar-refractivity contribution < 1.29 is 16.5 Å². The molecule has 0 aliphatic carbocycles. The third-order valence-electron chi connectivity index (χ3n) is 2.35. The van der Waals surface area contributed by atoms with Crippen molar-refractivity contribution in [1.29, 1.82) is 0 Å². The first kappa shape index (κ1) is 21.8. The molecule has 0 amide bonds. The molecule has 0 aliphatic rings. The van der Waals surface area contributed by atoms with E-state index >= 15 is 0 Å². The summed E-state index contributed by atoms with van der Waals surface area (Å²) in [5.74, 6) is 0. The molecule has 0 aromatic carbocycles. The fourth-order valence-corrected chi connectivity index (χ4v) is 5.70. The molecule has 0 aromatic rings. The maximum absolute atomic E-state index is 10.3. The molecule has 16 heavy (non-hydrogen) atoms. The number of hydrogen-bond acceptors (Lipinski definition) is 0. The van der Waals surface area contributed by atoms with Crippen LogP contribution >= 0.6 is 7.92 Å². The summed E-state index contributed by atoms with van der Waals surface area (Å²) in [6.07, 6.45) is 0. The first-order chi connectivity index (χ1) is 5.98. The Hall–Kier alpha value is 0.594. The van der Waals surface area contributed by atoms with Gasteiger partial charge in [0.15, 0.2) is 0 Å². The molecule has 1 unspecified atom stereocenters. The van der Waals surface area contributed by atoms with Gasteiger partial charge >= 0.3 is 16.5 Å². The normalized spacial score (nSPS) is 13.8. The second-order valence-electron chi connectivity index (χ2n) is 6.42. The number of rotatable bonds is 2. The molecule has 0 bridgehead atoms. The van der Waals surface area contributed by atoms with Gasteiger partial charge in [0.05, 0.1) is 10.8 Å². The van der Waals surface area contributed by atoms with E-state index in [9.17, 15) is 5.41 Å². The van der Waals surface area contributed by atoms with Crippen LogP contribution in [0.15, 0.2) is 0 Å². The topological polar surface area (TPSA) is 22.3 Å². The van der Waals surface area contributed by atoms with Crippen LogP contribution in [0.2, 0.25) is 0 Å². The molecule has 0 heterocycles. The fraction of sp³-hybridized carbons (Fsp3) is 0.846. The minimum absolute atomic E-state index is 0. The largest absolute Gasteiger partial charge is 2.00 e. The van der Waals surface area contributed by atoms with Crippen LogP contribution in [0.25, 0.3) is 5.41 Å². The van der Waals surface area contributed by atoms with Gasteiger partial charge in [-0.15, -0.1) is 0 Å². The first-order valence-electron chi connectivity index (χ1n) is 5.42. The molecule has 0 N–H and O–H groups in total. The Bertz CT molecular complexity index is 211. The van der Waals surface area contributed by atoms with Crippen LogP contribution in [0.1, 0.15) is 55.4 Å². The number of nitrogens with zero attached hydrogens (tertiary/aromatic N) is 1. The van der Waals surface area contributed by atoms with Gasteiger partial charge < -0.3 is 12.8 Å². The van der Waals surface area contributed by atoms with E-state index in [0.717, 1.165) is 5.45 Å². The van der Waals surface area contributed by atoms with E-state index in [1.807, 2.05) is 0 Å². The van der Waals surface area contributed by atoms with Gasteiger partial charge in [-0.05, 0) is 45.5 Å². The Kier molecular flexibility index (Phi) is 9.72. The van der Waals surface area contributed by atoms with Gasteiger partial charge in [-0.1, -0.05) is 20.8 Å². The summed E-state index contributed by atoms with van der Waals surface area (Å²) in [6, 6.07) is 0. The molecule has 0 aromatic heterocycles. The van der Waals surface area contributed by atoms with E-state index in [2.05, 4.69) is 55.4 Å². The molecule has 1 nitrogen and oxygen atoms in total. The molecule has 0 spiro atoms. The average Bonchev–Trinajstić information content (AvgIpc) is 1.79. The standard InChI is InChI=1S/C12H25NP.CH3.Ni/c1-9(2)14(12(6,7)8)10(13)11(3,4)5;;/h9H,1-8H3;1H3;/q2*-1;+2/p+1. The summed E-state index contributed by atoms with van der Waals surface area (Å²) >= 11 is 0. The predicted octanol–water partition coefficient (Wildman–Crippen LogP) is 4.87. The SMILES string of the molecule is CC(C)[PH+](C(=[N-])C(C)(C)C)C(C)(C)C.[CH3-].[Ni+2]. The molecule has 0 rings (SSSR count). The zero-order valence-electron chi connectivity index (χ0n) is 12.3. The minimum Gasteiger partial charge on any atom is -0.774 e. The molecule has 0 saturated carbocycles. The molecule has 0 radical (unpaired) electrons. The number of hydrogen-bond donors (Lipinski definition) is 0. The maximum Gasteiger partial charge on any atom is 2.00 e. The molecule has 100 valence electrons. The minimum atomic E-state index is -0.840. The Morgan fingerprint density at radius 2 is 1.31 bits per heavy atom. The summed E-state index contributed by atoms with van der Waals surface area (Å²) in [7, 11) is -0.840. The fourth-order valence-electron chi connectivity index (χ4n) is 1.90. The summed E-state index contributed by atoms with van der Waals surface area (Å²) in [6.45, 7) is 17.5. The van der Waals surface area contributed by atoms with Crippen LogP contribution in [0.5, 0.6) is 0 Å². The summed E-state index contributed by atoms with van der Waals surface area (Å²) < 4.78 is 0. The van der Waals surface area contributed by atoms with Crippen molar-refractivity contribution in [3.63, 3.8) is 0 Å². The van der Waals surface area contributed by atoms with Crippen molar-refractivity contribution in [2.24, 2.45) is 5.41 Å². The molecular formula is C13H29NNiP+. The van der Waals surface area contributed by atoms with Gasteiger partial charge in [-0.2, -0.15) is 0 Å². The Morgan fingerprint density at radius 3 is 1.38 bits per heavy atom. The smallest absolute Gasteiger partial charge is 0.774 e. The van der Waals surface area contributed by atoms with Crippen molar-refractivity contribution in [2.45, 2.75) is 66.2 Å². The van der Waals surface area contributed by atoms with Gasteiger partial charge in [-0.25, -0.2) is 0 Å². The van der Waals surface area contributed by atoms with Crippen LogP contribution in [-0.2, 0) is 16.5 Å². The second-order valence-corrected chi connectivity index (χ2v) is 10.4. The monoisotopic (exact) mass is 288 g/mol. The summed E-state index contributed by atoms with van der Waals surface area (Å²) in [5.41, 5.74) is 1.26. The Labute approximate surface area is 114 Å². The van der Waals surface area contributed by atoms with E-state index in [0.29, 0.717) is 5.66 Å². The van der Waals surface area contributed by atoms with Crippen molar-refractivity contribution in [3.05, 3.63) is 12.8 Å². The Morgan fingerprint density at radius 1 is 1.00 bits per heavy atom. The maximum atomic E-state index is 10.3. The van der Waals surface area contributed by atoms with Gasteiger partial charge in [0.2, 0.25) is 0 Å². The van der Waals surface area contributed by atoms with Gasteiger partial charge in [0.25, 0.3) is 0 Å². The molecule has 0 aliphatic heterocycles. The van der Waals surface area contributed by atoms with E-state index < -0.39 is 7.92 Å². The van der Waals surface area contributed by atoms with Gasteiger partial charge in [0.1, 0.15) is 0 Å². The van der Waals surface area contributed by atoms with Gasteiger partial charge in [-0.3, -0.25) is 0 Å². The molecular weight excluding hydrogens is 260 g/mol. The van der Waals surface area contributed by atoms with Crippen LogP contribution in [0.4, 0.5) is 0 Å². The third-order valence-corrected chi connectivity index (χ3v) is 6.38. The van der Waals surface area contributed by atoms with Crippen molar-refractivity contribution in [2.75, 3.05) is 0 Å². The van der Waals surface area contributed by atoms with Crippen molar-refractivity contribution in [1.82, 2.24) is 0 Å².